The first-order chi connectivity index (χ1) is 30.7. The van der Waals surface area contributed by atoms with Gasteiger partial charge in [-0.2, -0.15) is 0 Å². The van der Waals surface area contributed by atoms with E-state index in [0.29, 0.717) is 0 Å². The maximum absolute atomic E-state index is 7.07. The molecule has 3 heterocycles. The molecule has 3 aliphatic rings. The second-order valence-corrected chi connectivity index (χ2v) is 21.4. The van der Waals surface area contributed by atoms with Gasteiger partial charge in [0, 0.05) is 50.8 Å². The van der Waals surface area contributed by atoms with E-state index in [1.165, 1.54) is 112 Å². The molecule has 314 valence electrons. The minimum Gasteiger partial charge on any atom is -0.456 e. The Morgan fingerprint density at radius 1 is 0.562 bits per heavy atom. The second-order valence-electron chi connectivity index (χ2n) is 21.4. The minimum absolute atomic E-state index is 0.0285. The smallest absolute Gasteiger partial charge is 0.333 e. The van der Waals surface area contributed by atoms with Gasteiger partial charge in [-0.25, -0.2) is 0 Å². The van der Waals surface area contributed by atoms with Gasteiger partial charge in [0.15, 0.2) is 0 Å². The first kappa shape index (κ1) is 39.1. The van der Waals surface area contributed by atoms with Crippen LogP contribution in [0.5, 0.6) is 0 Å². The molecule has 3 nitrogen and oxygen atoms in total. The van der Waals surface area contributed by atoms with Gasteiger partial charge in [0.25, 0.3) is 0 Å². The van der Waals surface area contributed by atoms with Gasteiger partial charge in [0.05, 0.1) is 0 Å². The fourth-order valence-corrected chi connectivity index (χ4v) is 11.6. The van der Waals surface area contributed by atoms with Crippen molar-refractivity contribution in [3.8, 4) is 22.3 Å². The van der Waals surface area contributed by atoms with E-state index in [9.17, 15) is 0 Å². The summed E-state index contributed by atoms with van der Waals surface area (Å²) in [5.41, 5.74) is 22.4. The van der Waals surface area contributed by atoms with Gasteiger partial charge in [-0.15, -0.1) is 0 Å². The van der Waals surface area contributed by atoms with Crippen LogP contribution in [-0.2, 0) is 16.2 Å². The van der Waals surface area contributed by atoms with Gasteiger partial charge in [-0.1, -0.05) is 146 Å². The zero-order valence-corrected chi connectivity index (χ0v) is 38.7. The molecule has 64 heavy (non-hydrogen) atoms. The predicted octanol–water partition coefficient (Wildman–Crippen LogP) is 15.4. The Labute approximate surface area is 378 Å². The Morgan fingerprint density at radius 2 is 1.22 bits per heavy atom. The summed E-state index contributed by atoms with van der Waals surface area (Å²) in [6.45, 7) is 21.0. The third kappa shape index (κ3) is 5.73. The highest BCUT2D eigenvalue weighted by atomic mass is 16.3. The number of fused-ring (bicyclic) bond motifs is 10. The highest BCUT2D eigenvalue weighted by Gasteiger charge is 2.46. The molecule has 0 radical (unpaired) electrons. The number of aryl methyl sites for hydroxylation is 2. The van der Waals surface area contributed by atoms with E-state index in [2.05, 4.69) is 218 Å². The Morgan fingerprint density at radius 3 is 1.95 bits per heavy atom. The molecule has 0 fully saturated rings. The number of anilines is 5. The van der Waals surface area contributed by atoms with E-state index in [4.69, 9.17) is 4.42 Å². The van der Waals surface area contributed by atoms with Gasteiger partial charge >= 0.3 is 6.85 Å². The van der Waals surface area contributed by atoms with Crippen molar-refractivity contribution in [2.75, 3.05) is 9.71 Å². The topological polar surface area (TPSA) is 19.6 Å². The van der Waals surface area contributed by atoms with Crippen LogP contribution in [0.3, 0.4) is 0 Å². The van der Waals surface area contributed by atoms with E-state index < -0.39 is 0 Å². The summed E-state index contributed by atoms with van der Waals surface area (Å²) in [5, 5.41) is 4.90. The van der Waals surface area contributed by atoms with E-state index >= 15 is 0 Å². The lowest BCUT2D eigenvalue weighted by molar-refractivity contribution is 0.332. The van der Waals surface area contributed by atoms with Crippen molar-refractivity contribution in [1.29, 1.82) is 0 Å². The van der Waals surface area contributed by atoms with Crippen LogP contribution in [0.15, 0.2) is 150 Å². The van der Waals surface area contributed by atoms with Crippen LogP contribution in [0.25, 0.3) is 55.0 Å². The quantitative estimate of drug-likeness (QED) is 0.165. The van der Waals surface area contributed by atoms with Gasteiger partial charge in [-0.3, -0.25) is 0 Å². The number of hydrogen-bond donors (Lipinski definition) is 0. The van der Waals surface area contributed by atoms with Crippen LogP contribution < -0.4 is 20.6 Å². The fraction of sp³-hybridized carbons (Fsp3) is 0.233. The van der Waals surface area contributed by atoms with Crippen molar-refractivity contribution in [2.45, 2.75) is 91.4 Å². The molecule has 1 aliphatic carbocycles. The Kier molecular flexibility index (Phi) is 8.25. The maximum Gasteiger partial charge on any atom is 0.333 e. The van der Waals surface area contributed by atoms with Gasteiger partial charge in [0.2, 0.25) is 0 Å². The molecule has 8 aromatic carbocycles. The van der Waals surface area contributed by atoms with Crippen molar-refractivity contribution in [3.63, 3.8) is 0 Å². The normalized spacial score (nSPS) is 15.9. The third-order valence-corrected chi connectivity index (χ3v) is 15.2. The Bertz CT molecular complexity index is 3400. The van der Waals surface area contributed by atoms with Crippen molar-refractivity contribution in [3.05, 3.63) is 173 Å². The van der Waals surface area contributed by atoms with Gasteiger partial charge < -0.3 is 14.1 Å². The molecular formula is C60H55BN2O. The molecule has 12 rings (SSSR count). The molecule has 0 atom stereocenters. The van der Waals surface area contributed by atoms with Crippen LogP contribution in [-0.4, -0.2) is 6.85 Å². The van der Waals surface area contributed by atoms with E-state index in [1.807, 2.05) is 0 Å². The summed E-state index contributed by atoms with van der Waals surface area (Å²) in [7, 11) is 0. The van der Waals surface area contributed by atoms with Crippen LogP contribution >= 0.6 is 0 Å². The molecule has 0 unspecified atom stereocenters. The third-order valence-electron chi connectivity index (χ3n) is 15.2. The summed E-state index contributed by atoms with van der Waals surface area (Å²) in [5.74, 6) is 0. The predicted molar refractivity (Wildman–Crippen MR) is 274 cm³/mol. The highest BCUT2D eigenvalue weighted by Crippen LogP contribution is 2.52. The van der Waals surface area contributed by atoms with Gasteiger partial charge in [0.1, 0.15) is 11.2 Å². The first-order valence-electron chi connectivity index (χ1n) is 23.2. The van der Waals surface area contributed by atoms with Crippen LogP contribution in [0.2, 0.25) is 0 Å². The van der Waals surface area contributed by atoms with E-state index in [-0.39, 0.29) is 23.1 Å². The minimum atomic E-state index is -0.121. The first-order valence-corrected chi connectivity index (χ1v) is 23.2. The summed E-state index contributed by atoms with van der Waals surface area (Å²) < 4.78 is 7.07. The number of rotatable bonds is 3. The number of benzene rings is 8. The molecular weight excluding hydrogens is 775 g/mol. The largest absolute Gasteiger partial charge is 0.456 e. The lowest BCUT2D eigenvalue weighted by atomic mass is 9.43. The molecule has 0 bridgehead atoms. The molecule has 0 saturated carbocycles. The molecule has 0 spiro atoms. The molecule has 9 aromatic rings. The Balaban J connectivity index is 1.19. The van der Waals surface area contributed by atoms with Crippen LogP contribution in [0.4, 0.5) is 28.4 Å². The van der Waals surface area contributed by atoms with Crippen molar-refractivity contribution < 1.29 is 4.42 Å². The van der Waals surface area contributed by atoms with Crippen LogP contribution in [0.1, 0.15) is 89.1 Å². The standard InChI is InChI=1S/C60H55BN2O/c1-36-29-46-56-43-18-14-13-17-40(43)21-25-51(56)63(42-23-19-39(20-24-42)38-15-11-10-12-16-38)61-49-33-45-44-32-47-48(60(8,9)28-27-59(47,6)7)34-54(44)64-55(45)35-52(49)62(53(30-36)57(46)61)50-26-22-41(31-37(50)2)58(3,4)5/h10-26,29-35H,27-28H2,1-9H3. The molecule has 2 aliphatic heterocycles. The number of hydrogen-bond acceptors (Lipinski definition) is 3. The summed E-state index contributed by atoms with van der Waals surface area (Å²) >= 11 is 0. The van der Waals surface area contributed by atoms with E-state index in [0.717, 1.165) is 23.3 Å². The lowest BCUT2D eigenvalue weighted by Gasteiger charge is -2.46. The average molecular weight is 831 g/mol. The summed E-state index contributed by atoms with van der Waals surface area (Å²) in [6.07, 6.45) is 2.33. The zero-order chi connectivity index (χ0) is 44.0. The van der Waals surface area contributed by atoms with Crippen LogP contribution in [0, 0.1) is 13.8 Å². The highest BCUT2D eigenvalue weighted by molar-refractivity contribution is 6.94. The average Bonchev–Trinajstić information content (AvgIpc) is 3.63. The van der Waals surface area contributed by atoms with Crippen molar-refractivity contribution >= 4 is 78.9 Å². The van der Waals surface area contributed by atoms with Gasteiger partial charge in [-0.05, 0) is 152 Å². The number of nitrogens with zero attached hydrogens (tertiary/aromatic N) is 2. The maximum atomic E-state index is 7.07. The molecule has 1 aromatic heterocycles. The second kappa shape index (κ2) is 13.5. The molecule has 0 amide bonds. The SMILES string of the molecule is Cc1cc2c3c(c1)N(c1ccc(C(C)(C)C)cc1C)c1cc4oc5cc6c(cc5c4cc1B3N(c1ccc(-c3ccccc3)cc1)c1ccc3ccccc3c1-2)C(C)(C)CCC6(C)C. The zero-order valence-electron chi connectivity index (χ0n) is 38.7. The van der Waals surface area contributed by atoms with Crippen molar-refractivity contribution in [2.24, 2.45) is 0 Å². The monoisotopic (exact) mass is 830 g/mol. The summed E-state index contributed by atoms with van der Waals surface area (Å²) in [4.78, 5) is 5.21. The molecule has 0 N–H and O–H groups in total. The lowest BCUT2D eigenvalue weighted by Crippen LogP contribution is -2.61. The van der Waals surface area contributed by atoms with Crippen molar-refractivity contribution in [1.82, 2.24) is 0 Å². The number of furan rings is 1. The molecule has 4 heteroatoms. The Hall–Kier alpha value is -6.52. The van der Waals surface area contributed by atoms with E-state index in [1.54, 1.807) is 0 Å². The molecule has 0 saturated heterocycles. The fourth-order valence-electron chi connectivity index (χ4n) is 11.6. The summed E-state index contributed by atoms with van der Waals surface area (Å²) in [6, 6.07) is 55.4.